The molecule has 0 bridgehead atoms. The zero-order valence-electron chi connectivity index (χ0n) is 22.4. The molecule has 3 aromatic carbocycles. The van der Waals surface area contributed by atoms with Gasteiger partial charge in [0.25, 0.3) is 15.7 Å². The molecule has 0 saturated carbocycles. The van der Waals surface area contributed by atoms with E-state index in [-0.39, 0.29) is 34.6 Å². The monoisotopic (exact) mass is 630 g/mol. The molecule has 3 aromatic rings. The molecule has 2 amide bonds. The van der Waals surface area contributed by atoms with Crippen molar-refractivity contribution < 1.29 is 22.9 Å². The van der Waals surface area contributed by atoms with Crippen molar-refractivity contribution >= 4 is 49.1 Å². The average molecular weight is 632 g/mol. The van der Waals surface area contributed by atoms with Crippen molar-refractivity contribution in [1.82, 2.24) is 10.2 Å². The summed E-state index contributed by atoms with van der Waals surface area (Å²) in [6, 6.07) is 18.8. The van der Waals surface area contributed by atoms with Crippen molar-refractivity contribution in [1.29, 1.82) is 0 Å². The molecule has 212 valence electrons. The number of non-ortho nitro benzene ring substituents is 1. The molecule has 0 aromatic heterocycles. The summed E-state index contributed by atoms with van der Waals surface area (Å²) in [6.07, 6.45) is 0. The summed E-state index contributed by atoms with van der Waals surface area (Å²) in [5, 5.41) is 14.0. The van der Waals surface area contributed by atoms with Crippen LogP contribution in [0.15, 0.2) is 88.2 Å². The van der Waals surface area contributed by atoms with Crippen LogP contribution in [0.25, 0.3) is 0 Å². The Balaban J connectivity index is 2.02. The minimum absolute atomic E-state index is 0.0496. The smallest absolute Gasteiger partial charge is 0.269 e. The van der Waals surface area contributed by atoms with Crippen LogP contribution in [0, 0.1) is 16.0 Å². The van der Waals surface area contributed by atoms with Gasteiger partial charge in [-0.25, -0.2) is 8.42 Å². The lowest BCUT2D eigenvalue weighted by Crippen LogP contribution is -2.51. The number of anilines is 1. The first-order valence-corrected chi connectivity index (χ1v) is 14.8. The van der Waals surface area contributed by atoms with Crippen LogP contribution in [-0.2, 0) is 26.2 Å². The molecule has 1 atom stereocenters. The van der Waals surface area contributed by atoms with Gasteiger partial charge >= 0.3 is 0 Å². The second-order valence-corrected chi connectivity index (χ2v) is 12.3. The van der Waals surface area contributed by atoms with Gasteiger partial charge in [-0.15, -0.1) is 0 Å². The minimum Gasteiger partial charge on any atom is -0.354 e. The fraction of sp³-hybridized carbons (Fsp3) is 0.286. The third kappa shape index (κ3) is 7.89. The second-order valence-electron chi connectivity index (χ2n) is 9.56. The Labute approximate surface area is 242 Å². The van der Waals surface area contributed by atoms with Crippen LogP contribution in [0.3, 0.4) is 0 Å². The number of sulfonamides is 1. The van der Waals surface area contributed by atoms with Gasteiger partial charge in [-0.1, -0.05) is 60.1 Å². The van der Waals surface area contributed by atoms with Gasteiger partial charge in [0, 0.05) is 29.7 Å². The van der Waals surface area contributed by atoms with E-state index in [1.807, 2.05) is 26.0 Å². The topological polar surface area (TPSA) is 130 Å². The van der Waals surface area contributed by atoms with E-state index >= 15 is 0 Å². The van der Waals surface area contributed by atoms with E-state index in [1.54, 1.807) is 37.3 Å². The second kappa shape index (κ2) is 13.5. The molecule has 0 aliphatic carbocycles. The van der Waals surface area contributed by atoms with E-state index in [0.717, 1.165) is 14.3 Å². The molecule has 0 saturated heterocycles. The first-order chi connectivity index (χ1) is 18.9. The summed E-state index contributed by atoms with van der Waals surface area (Å²) < 4.78 is 29.1. The van der Waals surface area contributed by atoms with Crippen LogP contribution in [-0.4, -0.2) is 49.2 Å². The van der Waals surface area contributed by atoms with E-state index in [4.69, 9.17) is 0 Å². The Kier molecular flexibility index (Phi) is 10.4. The number of rotatable bonds is 12. The number of carbonyl (C=O) groups is 2. The van der Waals surface area contributed by atoms with E-state index in [2.05, 4.69) is 21.2 Å². The predicted octanol–water partition coefficient (Wildman–Crippen LogP) is 4.74. The summed E-state index contributed by atoms with van der Waals surface area (Å²) >= 11 is 3.42. The summed E-state index contributed by atoms with van der Waals surface area (Å²) in [4.78, 5) is 38.7. The van der Waals surface area contributed by atoms with Gasteiger partial charge in [0.1, 0.15) is 12.6 Å². The number of hydrogen-bond acceptors (Lipinski definition) is 6. The van der Waals surface area contributed by atoms with Crippen molar-refractivity contribution in [3.63, 3.8) is 0 Å². The standard InChI is InChI=1S/C28H31BrN4O6S/c1-20(2)17-30-28(35)21(3)31(18-22-8-7-9-23(29)16-22)27(34)19-32(24-12-14-25(15-13-24)33(36)37)40(38,39)26-10-5-4-6-11-26/h4-16,20-21H,17-19H2,1-3H3,(H,30,35). The van der Waals surface area contributed by atoms with Gasteiger partial charge in [0.2, 0.25) is 11.8 Å². The highest BCUT2D eigenvalue weighted by Gasteiger charge is 2.32. The fourth-order valence-corrected chi connectivity index (χ4v) is 5.74. The summed E-state index contributed by atoms with van der Waals surface area (Å²) in [7, 11) is -4.25. The van der Waals surface area contributed by atoms with Crippen LogP contribution < -0.4 is 9.62 Å². The van der Waals surface area contributed by atoms with E-state index in [0.29, 0.717) is 6.54 Å². The number of amides is 2. The Morgan fingerprint density at radius 1 is 0.975 bits per heavy atom. The van der Waals surface area contributed by atoms with Crippen molar-refractivity contribution in [3.05, 3.63) is 99.0 Å². The third-order valence-electron chi connectivity index (χ3n) is 6.05. The van der Waals surface area contributed by atoms with Crippen molar-refractivity contribution in [2.24, 2.45) is 5.92 Å². The molecule has 1 unspecified atom stereocenters. The lowest BCUT2D eigenvalue weighted by Gasteiger charge is -2.32. The fourth-order valence-electron chi connectivity index (χ4n) is 3.86. The van der Waals surface area contributed by atoms with Crippen molar-refractivity contribution in [3.8, 4) is 0 Å². The average Bonchev–Trinajstić information content (AvgIpc) is 2.93. The number of nitrogens with zero attached hydrogens (tertiary/aromatic N) is 3. The van der Waals surface area contributed by atoms with Gasteiger partial charge in [0.15, 0.2) is 0 Å². The molecule has 1 N–H and O–H groups in total. The van der Waals surface area contributed by atoms with Gasteiger partial charge in [-0.3, -0.25) is 24.0 Å². The maximum absolute atomic E-state index is 13.9. The molecule has 40 heavy (non-hydrogen) atoms. The minimum atomic E-state index is -4.25. The number of halogens is 1. The largest absolute Gasteiger partial charge is 0.354 e. The molecule has 10 nitrogen and oxygen atoms in total. The first kappa shape index (κ1) is 30.8. The van der Waals surface area contributed by atoms with Crippen molar-refractivity contribution in [2.75, 3.05) is 17.4 Å². The highest BCUT2D eigenvalue weighted by Crippen LogP contribution is 2.26. The SMILES string of the molecule is CC(C)CNC(=O)C(C)N(Cc1cccc(Br)c1)C(=O)CN(c1ccc([N+](=O)[O-])cc1)S(=O)(=O)c1ccccc1. The Morgan fingerprint density at radius 2 is 1.62 bits per heavy atom. The van der Waals surface area contributed by atoms with E-state index < -0.39 is 33.4 Å². The van der Waals surface area contributed by atoms with Gasteiger partial charge in [-0.2, -0.15) is 0 Å². The lowest BCUT2D eigenvalue weighted by atomic mass is 10.1. The normalized spacial score (nSPS) is 12.0. The zero-order valence-corrected chi connectivity index (χ0v) is 24.8. The molecule has 0 spiro atoms. The summed E-state index contributed by atoms with van der Waals surface area (Å²) in [5.74, 6) is -0.797. The van der Waals surface area contributed by atoms with E-state index in [9.17, 15) is 28.1 Å². The van der Waals surface area contributed by atoms with Crippen LogP contribution in [0.5, 0.6) is 0 Å². The molecular weight excluding hydrogens is 600 g/mol. The number of carbonyl (C=O) groups excluding carboxylic acids is 2. The maximum Gasteiger partial charge on any atom is 0.269 e. The third-order valence-corrected chi connectivity index (χ3v) is 8.33. The van der Waals surface area contributed by atoms with Gasteiger partial charge in [-0.05, 0) is 54.8 Å². The van der Waals surface area contributed by atoms with E-state index in [1.165, 1.54) is 41.3 Å². The number of hydrogen-bond donors (Lipinski definition) is 1. The Bertz CT molecular complexity index is 1450. The molecule has 3 rings (SSSR count). The summed E-state index contributed by atoms with van der Waals surface area (Å²) in [6.45, 7) is 5.32. The molecule has 0 radical (unpaired) electrons. The molecule has 0 heterocycles. The number of nitro groups is 1. The maximum atomic E-state index is 13.9. The molecule has 12 heteroatoms. The molecular formula is C28H31BrN4O6S. The zero-order chi connectivity index (χ0) is 29.4. The Hall–Kier alpha value is -3.77. The highest BCUT2D eigenvalue weighted by molar-refractivity contribution is 9.10. The van der Waals surface area contributed by atoms with Gasteiger partial charge < -0.3 is 10.2 Å². The summed E-state index contributed by atoms with van der Waals surface area (Å²) in [5.41, 5.74) is 0.583. The molecule has 0 aliphatic heterocycles. The predicted molar refractivity (Wildman–Crippen MR) is 156 cm³/mol. The lowest BCUT2D eigenvalue weighted by molar-refractivity contribution is -0.384. The van der Waals surface area contributed by atoms with Crippen LogP contribution >= 0.6 is 15.9 Å². The number of benzene rings is 3. The number of nitrogens with one attached hydrogen (secondary N) is 1. The highest BCUT2D eigenvalue weighted by atomic mass is 79.9. The van der Waals surface area contributed by atoms with Gasteiger partial charge in [0.05, 0.1) is 15.5 Å². The van der Waals surface area contributed by atoms with Crippen LogP contribution in [0.1, 0.15) is 26.3 Å². The first-order valence-electron chi connectivity index (χ1n) is 12.5. The van der Waals surface area contributed by atoms with Crippen LogP contribution in [0.4, 0.5) is 11.4 Å². The van der Waals surface area contributed by atoms with Crippen LogP contribution in [0.2, 0.25) is 0 Å². The molecule has 0 fully saturated rings. The Morgan fingerprint density at radius 3 is 2.20 bits per heavy atom. The van der Waals surface area contributed by atoms with Crippen molar-refractivity contribution in [2.45, 2.75) is 38.3 Å². The quantitative estimate of drug-likeness (QED) is 0.227. The number of nitro benzene ring substituents is 1. The molecule has 0 aliphatic rings.